The molecule has 13 heteroatoms. The van der Waals surface area contributed by atoms with Gasteiger partial charge in [0, 0.05) is 24.4 Å². The lowest BCUT2D eigenvalue weighted by atomic mass is 9.95. The van der Waals surface area contributed by atoms with Crippen molar-refractivity contribution in [1.29, 1.82) is 0 Å². The number of unbranched alkanes of at least 4 members (excludes halogenated alkanes) is 5. The van der Waals surface area contributed by atoms with Gasteiger partial charge in [0.2, 0.25) is 11.8 Å². The summed E-state index contributed by atoms with van der Waals surface area (Å²) in [6.07, 6.45) is 6.28. The Hall–Kier alpha value is -3.61. The SMILES string of the molecule is CCCCCCCCN1CCN(C(=O)N[C@@H](C(=O)N[C@@H]2C(=O)N3[C@@H]2SC(C)(C)[C@@H]3C(=O)O)c2ccccc2)C(=O)C1=O. The third-order valence-corrected chi connectivity index (χ3v) is 9.54. The van der Waals surface area contributed by atoms with Crippen LogP contribution in [0.4, 0.5) is 4.79 Å². The molecule has 6 amide bonds. The number of thioether (sulfide) groups is 1. The molecule has 0 aliphatic carbocycles. The molecule has 12 nitrogen and oxygen atoms in total. The first-order valence-electron chi connectivity index (χ1n) is 14.5. The lowest BCUT2D eigenvalue weighted by Crippen LogP contribution is -2.71. The van der Waals surface area contributed by atoms with E-state index in [0.29, 0.717) is 12.1 Å². The number of amides is 6. The molecular weight excluding hydrogens is 562 g/mol. The number of carboxylic acids is 1. The first-order chi connectivity index (χ1) is 20.0. The van der Waals surface area contributed by atoms with Crippen LogP contribution in [0.5, 0.6) is 0 Å². The smallest absolute Gasteiger partial charge is 0.327 e. The van der Waals surface area contributed by atoms with Crippen LogP contribution in [0.15, 0.2) is 30.3 Å². The Morgan fingerprint density at radius 1 is 1.00 bits per heavy atom. The van der Waals surface area contributed by atoms with E-state index in [2.05, 4.69) is 17.6 Å². The Morgan fingerprint density at radius 3 is 2.33 bits per heavy atom. The minimum absolute atomic E-state index is 0.00415. The van der Waals surface area contributed by atoms with E-state index in [1.807, 2.05) is 0 Å². The molecule has 0 bridgehead atoms. The third kappa shape index (κ3) is 6.40. The summed E-state index contributed by atoms with van der Waals surface area (Å²) in [4.78, 5) is 80.6. The highest BCUT2D eigenvalue weighted by molar-refractivity contribution is 8.01. The van der Waals surface area contributed by atoms with Crippen LogP contribution in [0.3, 0.4) is 0 Å². The van der Waals surface area contributed by atoms with Crippen LogP contribution in [0, 0.1) is 0 Å². The van der Waals surface area contributed by atoms with Crippen molar-refractivity contribution in [1.82, 2.24) is 25.3 Å². The van der Waals surface area contributed by atoms with Crippen molar-refractivity contribution in [3.05, 3.63) is 35.9 Å². The van der Waals surface area contributed by atoms with Gasteiger partial charge in [0.1, 0.15) is 23.5 Å². The molecule has 3 saturated heterocycles. The largest absolute Gasteiger partial charge is 0.480 e. The van der Waals surface area contributed by atoms with E-state index < -0.39 is 63.9 Å². The Morgan fingerprint density at radius 2 is 1.67 bits per heavy atom. The highest BCUT2D eigenvalue weighted by Gasteiger charge is 2.64. The number of nitrogens with zero attached hydrogens (tertiary/aromatic N) is 3. The standard InChI is InChI=1S/C29H39N5O7S/c1-4-5-6-7-8-12-15-32-16-17-33(25(38)24(32)37)28(41)31-19(18-13-10-9-11-14-18)22(35)30-20-23(36)34-21(27(39)40)29(2,3)42-26(20)34/h9-11,13-14,19-21,26H,4-8,12,15-17H2,1-3H3,(H,30,35)(H,31,41)(H,39,40)/t19-,20-,21+,26-/m1/s1. The molecule has 1 aromatic carbocycles. The van der Waals surface area contributed by atoms with E-state index in [1.54, 1.807) is 44.2 Å². The van der Waals surface area contributed by atoms with Crippen molar-refractivity contribution < 1.29 is 33.9 Å². The zero-order chi connectivity index (χ0) is 30.6. The molecule has 3 aliphatic rings. The van der Waals surface area contributed by atoms with Gasteiger partial charge in [-0.3, -0.25) is 24.1 Å². The fraction of sp³-hybridized carbons (Fsp3) is 0.586. The van der Waals surface area contributed by atoms with Crippen LogP contribution in [0.1, 0.15) is 70.9 Å². The minimum atomic E-state index is -1.26. The van der Waals surface area contributed by atoms with Gasteiger partial charge in [-0.1, -0.05) is 69.4 Å². The van der Waals surface area contributed by atoms with Gasteiger partial charge in [0.15, 0.2) is 0 Å². The number of aliphatic carboxylic acids is 1. The fourth-order valence-corrected chi connectivity index (χ4v) is 7.32. The fourth-order valence-electron chi connectivity index (χ4n) is 5.69. The van der Waals surface area contributed by atoms with E-state index in [1.165, 1.54) is 28.0 Å². The first kappa shape index (κ1) is 31.3. The van der Waals surface area contributed by atoms with Crippen molar-refractivity contribution in [2.24, 2.45) is 0 Å². The molecular formula is C29H39N5O7S. The number of piperazine rings is 1. The second-order valence-corrected chi connectivity index (χ2v) is 13.2. The normalized spacial score (nSPS) is 23.7. The van der Waals surface area contributed by atoms with Gasteiger partial charge < -0.3 is 25.5 Å². The number of imide groups is 1. The van der Waals surface area contributed by atoms with Crippen LogP contribution >= 0.6 is 11.8 Å². The van der Waals surface area contributed by atoms with Crippen molar-refractivity contribution >= 4 is 47.4 Å². The van der Waals surface area contributed by atoms with E-state index in [4.69, 9.17) is 0 Å². The zero-order valence-corrected chi connectivity index (χ0v) is 25.0. The number of carbonyl (C=O) groups excluding carboxylic acids is 5. The average molecular weight is 602 g/mol. The lowest BCUT2D eigenvalue weighted by molar-refractivity contribution is -0.161. The van der Waals surface area contributed by atoms with Crippen molar-refractivity contribution in [3.63, 3.8) is 0 Å². The molecule has 228 valence electrons. The molecule has 4 atom stereocenters. The third-order valence-electron chi connectivity index (χ3n) is 7.97. The maximum atomic E-state index is 13.5. The van der Waals surface area contributed by atoms with Gasteiger partial charge in [0.25, 0.3) is 0 Å². The maximum Gasteiger partial charge on any atom is 0.327 e. The maximum absolute atomic E-state index is 13.5. The monoisotopic (exact) mass is 601 g/mol. The molecule has 3 N–H and O–H groups in total. The van der Waals surface area contributed by atoms with E-state index in [9.17, 15) is 33.9 Å². The molecule has 0 radical (unpaired) electrons. The van der Waals surface area contributed by atoms with Crippen LogP contribution in [0.25, 0.3) is 0 Å². The summed E-state index contributed by atoms with van der Waals surface area (Å²) in [5, 5.41) is 14.3. The topological polar surface area (TPSA) is 156 Å². The molecule has 0 aromatic heterocycles. The van der Waals surface area contributed by atoms with Gasteiger partial charge >= 0.3 is 23.8 Å². The summed E-state index contributed by atoms with van der Waals surface area (Å²) in [6.45, 7) is 6.27. The second kappa shape index (κ2) is 13.1. The van der Waals surface area contributed by atoms with Crippen molar-refractivity contribution in [2.45, 2.75) is 87.5 Å². The van der Waals surface area contributed by atoms with Gasteiger partial charge in [-0.15, -0.1) is 11.8 Å². The number of carboxylic acid groups (broad SMARTS) is 1. The van der Waals surface area contributed by atoms with Gasteiger partial charge in [-0.25, -0.2) is 9.59 Å². The number of fused-ring (bicyclic) bond motifs is 1. The number of rotatable bonds is 12. The molecule has 3 heterocycles. The van der Waals surface area contributed by atoms with Gasteiger partial charge in [-0.05, 0) is 25.8 Å². The number of urea groups is 1. The number of β-lactam (4-membered cyclic amide) rings is 1. The summed E-state index contributed by atoms with van der Waals surface area (Å²) in [5.41, 5.74) is 0.412. The molecule has 3 fully saturated rings. The molecule has 1 aromatic rings. The highest BCUT2D eigenvalue weighted by atomic mass is 32.2. The van der Waals surface area contributed by atoms with Crippen LogP contribution in [-0.4, -0.2) is 97.3 Å². The summed E-state index contributed by atoms with van der Waals surface area (Å²) in [5.74, 6) is -4.02. The van der Waals surface area contributed by atoms with Crippen molar-refractivity contribution in [2.75, 3.05) is 19.6 Å². The van der Waals surface area contributed by atoms with Gasteiger partial charge in [0.05, 0.1) is 0 Å². The summed E-state index contributed by atoms with van der Waals surface area (Å²) in [7, 11) is 0. The summed E-state index contributed by atoms with van der Waals surface area (Å²) in [6, 6.07) is 4.20. The molecule has 4 rings (SSSR count). The zero-order valence-electron chi connectivity index (χ0n) is 24.2. The number of nitrogens with one attached hydrogen (secondary N) is 2. The summed E-state index contributed by atoms with van der Waals surface area (Å²) < 4.78 is -0.761. The number of hydrogen-bond donors (Lipinski definition) is 3. The quantitative estimate of drug-likeness (QED) is 0.187. The Labute approximate surface area is 249 Å². The highest BCUT2D eigenvalue weighted by Crippen LogP contribution is 2.50. The molecule has 0 unspecified atom stereocenters. The molecule has 0 spiro atoms. The number of hydrogen-bond acceptors (Lipinski definition) is 7. The lowest BCUT2D eigenvalue weighted by Gasteiger charge is -2.44. The molecule has 3 aliphatic heterocycles. The van der Waals surface area contributed by atoms with Gasteiger partial charge in [-0.2, -0.15) is 0 Å². The average Bonchev–Trinajstić information content (AvgIpc) is 3.22. The van der Waals surface area contributed by atoms with Crippen LogP contribution < -0.4 is 10.6 Å². The van der Waals surface area contributed by atoms with E-state index in [0.717, 1.165) is 37.0 Å². The Balaban J connectivity index is 1.39. The van der Waals surface area contributed by atoms with Crippen LogP contribution in [-0.2, 0) is 24.0 Å². The molecule has 0 saturated carbocycles. The summed E-state index contributed by atoms with van der Waals surface area (Å²) >= 11 is 1.29. The predicted molar refractivity (Wildman–Crippen MR) is 155 cm³/mol. The second-order valence-electron chi connectivity index (χ2n) is 11.4. The van der Waals surface area contributed by atoms with E-state index >= 15 is 0 Å². The Kier molecular flexibility index (Phi) is 9.80. The Bertz CT molecular complexity index is 1230. The minimum Gasteiger partial charge on any atom is -0.480 e. The first-order valence-corrected chi connectivity index (χ1v) is 15.3. The van der Waals surface area contributed by atoms with E-state index in [-0.39, 0.29) is 13.1 Å². The number of benzene rings is 1. The number of carbonyl (C=O) groups is 6. The van der Waals surface area contributed by atoms with Crippen LogP contribution in [0.2, 0.25) is 0 Å². The van der Waals surface area contributed by atoms with Crippen molar-refractivity contribution in [3.8, 4) is 0 Å². The molecule has 42 heavy (non-hydrogen) atoms. The predicted octanol–water partition coefficient (Wildman–Crippen LogP) is 2.10.